The summed E-state index contributed by atoms with van der Waals surface area (Å²) < 4.78 is 0. The summed E-state index contributed by atoms with van der Waals surface area (Å²) in [6.45, 7) is 0.627. The Morgan fingerprint density at radius 3 is 2.83 bits per heavy atom. The van der Waals surface area contributed by atoms with E-state index in [4.69, 9.17) is 0 Å². The number of hydrogen-bond acceptors (Lipinski definition) is 6. The van der Waals surface area contributed by atoms with E-state index in [-0.39, 0.29) is 28.5 Å². The zero-order chi connectivity index (χ0) is 17.5. The van der Waals surface area contributed by atoms with Gasteiger partial charge in [0.15, 0.2) is 0 Å². The minimum absolute atomic E-state index is 0.0111. The summed E-state index contributed by atoms with van der Waals surface area (Å²) in [5, 5.41) is 11.2. The summed E-state index contributed by atoms with van der Waals surface area (Å²) >= 11 is 1.30. The molecule has 1 aromatic heterocycles. The van der Waals surface area contributed by atoms with Gasteiger partial charge >= 0.3 is 0 Å². The highest BCUT2D eigenvalue weighted by molar-refractivity contribution is 8.04. The Morgan fingerprint density at radius 1 is 1.33 bits per heavy atom. The van der Waals surface area contributed by atoms with Gasteiger partial charge in [-0.2, -0.15) is 5.10 Å². The van der Waals surface area contributed by atoms with Gasteiger partial charge in [0.2, 0.25) is 18.0 Å². The third-order valence-electron chi connectivity index (χ3n) is 3.47. The van der Waals surface area contributed by atoms with Crippen molar-refractivity contribution in [3.63, 3.8) is 0 Å². The summed E-state index contributed by atoms with van der Waals surface area (Å²) in [5.74, 6) is -0.550. The standard InChI is InChI=1S/C15H18N4O4S/c1-16-15(23)13-11-12(18-19-13)9(21)7-10(14(11)22)24-6-4-2-3-5-17-8-20/h7-8H,2-6H2,1H3,(H,16,23)(H,17,20)(H,18,19). The highest BCUT2D eigenvalue weighted by Gasteiger charge is 2.33. The highest BCUT2D eigenvalue weighted by atomic mass is 32.2. The Morgan fingerprint density at radius 2 is 2.12 bits per heavy atom. The van der Waals surface area contributed by atoms with Gasteiger partial charge in [0, 0.05) is 19.7 Å². The number of Topliss-reactive ketones (excluding diaryl/α,β-unsaturated/α-hetero) is 1. The second-order valence-electron chi connectivity index (χ2n) is 5.08. The minimum Gasteiger partial charge on any atom is -0.359 e. The molecule has 1 heterocycles. The fourth-order valence-corrected chi connectivity index (χ4v) is 3.25. The molecule has 3 N–H and O–H groups in total. The molecule has 0 fully saturated rings. The maximum absolute atomic E-state index is 12.5. The maximum atomic E-state index is 12.5. The van der Waals surface area contributed by atoms with E-state index in [9.17, 15) is 19.2 Å². The van der Waals surface area contributed by atoms with Gasteiger partial charge in [-0.15, -0.1) is 11.8 Å². The van der Waals surface area contributed by atoms with E-state index in [0.29, 0.717) is 23.6 Å². The van der Waals surface area contributed by atoms with E-state index in [1.54, 1.807) is 0 Å². The zero-order valence-corrected chi connectivity index (χ0v) is 14.0. The number of aromatic nitrogens is 2. The highest BCUT2D eigenvalue weighted by Crippen LogP contribution is 2.29. The van der Waals surface area contributed by atoms with E-state index in [2.05, 4.69) is 20.8 Å². The van der Waals surface area contributed by atoms with Crippen LogP contribution < -0.4 is 10.6 Å². The van der Waals surface area contributed by atoms with Crippen LogP contribution in [0.2, 0.25) is 0 Å². The fraction of sp³-hybridized carbons (Fsp3) is 0.400. The van der Waals surface area contributed by atoms with Gasteiger partial charge in [-0.25, -0.2) is 0 Å². The largest absolute Gasteiger partial charge is 0.359 e. The first kappa shape index (κ1) is 17.9. The second kappa shape index (κ2) is 8.44. The van der Waals surface area contributed by atoms with Crippen LogP contribution in [0.25, 0.3) is 0 Å². The lowest BCUT2D eigenvalue weighted by molar-refractivity contribution is -0.109. The zero-order valence-electron chi connectivity index (χ0n) is 13.2. The number of H-pyrrole nitrogens is 1. The van der Waals surface area contributed by atoms with Crippen LogP contribution in [0.5, 0.6) is 0 Å². The van der Waals surface area contributed by atoms with Crippen molar-refractivity contribution in [1.82, 2.24) is 20.8 Å². The minimum atomic E-state index is -0.487. The number of carbonyl (C=O) groups is 4. The number of ketones is 2. The lowest BCUT2D eigenvalue weighted by atomic mass is 9.99. The molecule has 0 spiro atoms. The first-order chi connectivity index (χ1) is 11.6. The second-order valence-corrected chi connectivity index (χ2v) is 6.22. The number of nitrogens with zero attached hydrogens (tertiary/aromatic N) is 1. The molecule has 0 aromatic carbocycles. The molecule has 2 rings (SSSR count). The molecule has 0 saturated heterocycles. The Kier molecular flexibility index (Phi) is 6.30. The molecule has 9 heteroatoms. The maximum Gasteiger partial charge on any atom is 0.269 e. The number of aromatic amines is 1. The van der Waals surface area contributed by atoms with Crippen molar-refractivity contribution in [1.29, 1.82) is 0 Å². The molecule has 0 bridgehead atoms. The van der Waals surface area contributed by atoms with Gasteiger partial charge in [0.05, 0.1) is 10.5 Å². The quantitative estimate of drug-likeness (QED) is 0.445. The number of thioether (sulfide) groups is 1. The van der Waals surface area contributed by atoms with E-state index in [1.807, 2.05) is 0 Å². The predicted molar refractivity (Wildman–Crippen MR) is 89.1 cm³/mol. The van der Waals surface area contributed by atoms with Crippen LogP contribution in [-0.2, 0) is 4.79 Å². The van der Waals surface area contributed by atoms with Crippen molar-refractivity contribution in [2.24, 2.45) is 0 Å². The predicted octanol–water partition coefficient (Wildman–Crippen LogP) is 0.682. The third-order valence-corrected chi connectivity index (χ3v) is 4.58. The monoisotopic (exact) mass is 350 g/mol. The van der Waals surface area contributed by atoms with Crippen molar-refractivity contribution < 1.29 is 19.2 Å². The molecule has 128 valence electrons. The molecule has 0 radical (unpaired) electrons. The Labute approximate surface area is 142 Å². The third kappa shape index (κ3) is 3.91. The summed E-state index contributed by atoms with van der Waals surface area (Å²) in [5.41, 5.74) is 0.0411. The van der Waals surface area contributed by atoms with E-state index in [1.165, 1.54) is 24.9 Å². The summed E-state index contributed by atoms with van der Waals surface area (Å²) in [7, 11) is 1.44. The van der Waals surface area contributed by atoms with E-state index < -0.39 is 5.91 Å². The molecule has 1 aromatic rings. The first-order valence-electron chi connectivity index (χ1n) is 7.51. The molecule has 0 atom stereocenters. The average Bonchev–Trinajstić information content (AvgIpc) is 3.03. The SMILES string of the molecule is CNC(=O)c1[nH]nc2c1C(=O)C(SCCCCCNC=O)=CC2=O. The lowest BCUT2D eigenvalue weighted by Crippen LogP contribution is -2.23. The molecule has 2 amide bonds. The molecule has 8 nitrogen and oxygen atoms in total. The van der Waals surface area contributed by atoms with Gasteiger partial charge < -0.3 is 10.6 Å². The average molecular weight is 350 g/mol. The molecule has 1 aliphatic carbocycles. The van der Waals surface area contributed by atoms with Crippen molar-refractivity contribution in [3.05, 3.63) is 27.9 Å². The van der Waals surface area contributed by atoms with Crippen molar-refractivity contribution in [2.75, 3.05) is 19.3 Å². The van der Waals surface area contributed by atoms with Gasteiger partial charge in [0.25, 0.3) is 5.91 Å². The number of hydrogen-bond donors (Lipinski definition) is 3. The topological polar surface area (TPSA) is 121 Å². The summed E-state index contributed by atoms with van der Waals surface area (Å²) in [4.78, 5) is 46.8. The van der Waals surface area contributed by atoms with Crippen molar-refractivity contribution in [3.8, 4) is 0 Å². The molecule has 0 aliphatic heterocycles. The number of amides is 2. The van der Waals surface area contributed by atoms with Crippen LogP contribution >= 0.6 is 11.8 Å². The lowest BCUT2D eigenvalue weighted by Gasteiger charge is -2.11. The summed E-state index contributed by atoms with van der Waals surface area (Å²) in [6.07, 6.45) is 4.56. The number of rotatable bonds is 9. The smallest absolute Gasteiger partial charge is 0.269 e. The normalized spacial score (nSPS) is 13.3. The number of carbonyl (C=O) groups excluding carboxylic acids is 4. The van der Waals surface area contributed by atoms with Crippen LogP contribution in [-0.4, -0.2) is 53.4 Å². The fourth-order valence-electron chi connectivity index (χ4n) is 2.26. The molecule has 0 saturated carbocycles. The van der Waals surface area contributed by atoms with Gasteiger partial charge in [-0.3, -0.25) is 24.3 Å². The van der Waals surface area contributed by atoms with Crippen LogP contribution in [0.4, 0.5) is 0 Å². The molecule has 0 unspecified atom stereocenters. The molecule has 24 heavy (non-hydrogen) atoms. The van der Waals surface area contributed by atoms with Crippen molar-refractivity contribution >= 4 is 35.6 Å². The van der Waals surface area contributed by atoms with E-state index in [0.717, 1.165) is 19.3 Å². The molecular formula is C15H18N4O4S. The Balaban J connectivity index is 1.97. The van der Waals surface area contributed by atoms with Crippen LogP contribution in [0, 0.1) is 0 Å². The number of unbranched alkanes of at least 4 members (excludes halogenated alkanes) is 2. The number of fused-ring (bicyclic) bond motifs is 1. The number of nitrogens with one attached hydrogen (secondary N) is 3. The molecular weight excluding hydrogens is 332 g/mol. The van der Waals surface area contributed by atoms with Crippen molar-refractivity contribution in [2.45, 2.75) is 19.3 Å². The Hall–Kier alpha value is -2.42. The molecule has 1 aliphatic rings. The van der Waals surface area contributed by atoms with Crippen LogP contribution in [0.1, 0.15) is 50.6 Å². The van der Waals surface area contributed by atoms with Crippen LogP contribution in [0.3, 0.4) is 0 Å². The summed E-state index contributed by atoms with van der Waals surface area (Å²) in [6, 6.07) is 0. The van der Waals surface area contributed by atoms with Gasteiger partial charge in [0.1, 0.15) is 11.4 Å². The first-order valence-corrected chi connectivity index (χ1v) is 8.49. The number of allylic oxidation sites excluding steroid dienone is 2. The van der Waals surface area contributed by atoms with Crippen LogP contribution in [0.15, 0.2) is 11.0 Å². The Bertz CT molecular complexity index is 696. The van der Waals surface area contributed by atoms with Gasteiger partial charge in [-0.05, 0) is 18.6 Å². The van der Waals surface area contributed by atoms with Gasteiger partial charge in [-0.1, -0.05) is 6.42 Å². The van der Waals surface area contributed by atoms with E-state index >= 15 is 0 Å².